The van der Waals surface area contributed by atoms with Gasteiger partial charge in [-0.2, -0.15) is 0 Å². The summed E-state index contributed by atoms with van der Waals surface area (Å²) in [6, 6.07) is 20.9. The maximum Gasteiger partial charge on any atom is 0.337 e. The number of aromatic nitrogens is 2. The van der Waals surface area contributed by atoms with Crippen molar-refractivity contribution < 1.29 is 14.4 Å². The first-order chi connectivity index (χ1) is 14.2. The average molecular weight is 388 g/mol. The molecule has 3 N–H and O–H groups in total. The van der Waals surface area contributed by atoms with Crippen molar-refractivity contribution in [3.8, 4) is 11.3 Å². The molecule has 4 rings (SSSR count). The molecular formula is C22H20N4O3. The quantitative estimate of drug-likeness (QED) is 0.384. The van der Waals surface area contributed by atoms with E-state index in [1.165, 1.54) is 7.11 Å². The lowest BCUT2D eigenvalue weighted by Gasteiger charge is -2.10. The first kappa shape index (κ1) is 18.7. The van der Waals surface area contributed by atoms with Crippen LogP contribution >= 0.6 is 0 Å². The molecule has 0 unspecified atom stereocenters. The fourth-order valence-electron chi connectivity index (χ4n) is 3.13. The van der Waals surface area contributed by atoms with Crippen molar-refractivity contribution in [2.45, 2.75) is 6.61 Å². The summed E-state index contributed by atoms with van der Waals surface area (Å²) in [5.74, 6) is 5.66. The van der Waals surface area contributed by atoms with Crippen LogP contribution in [0.2, 0.25) is 0 Å². The third kappa shape index (κ3) is 3.82. The summed E-state index contributed by atoms with van der Waals surface area (Å²) in [5, 5.41) is 3.42. The Kier molecular flexibility index (Phi) is 5.24. The van der Waals surface area contributed by atoms with Crippen LogP contribution in [0.3, 0.4) is 0 Å². The third-order valence-electron chi connectivity index (χ3n) is 4.55. The van der Waals surface area contributed by atoms with Crippen LogP contribution < -0.4 is 11.2 Å². The minimum Gasteiger partial charge on any atom is -0.465 e. The molecule has 7 nitrogen and oxygen atoms in total. The highest BCUT2D eigenvalue weighted by molar-refractivity contribution is 5.90. The summed E-state index contributed by atoms with van der Waals surface area (Å²) in [4.78, 5) is 21.2. The number of hydrogen-bond donors (Lipinski definition) is 2. The van der Waals surface area contributed by atoms with Crippen molar-refractivity contribution in [3.05, 3.63) is 84.1 Å². The molecule has 2 heterocycles. The molecule has 0 amide bonds. The van der Waals surface area contributed by atoms with Gasteiger partial charge in [0.2, 0.25) is 0 Å². The highest BCUT2D eigenvalue weighted by atomic mass is 16.6. The Morgan fingerprint density at radius 1 is 1.07 bits per heavy atom. The number of nitrogens with one attached hydrogen (secondary N) is 1. The van der Waals surface area contributed by atoms with E-state index in [-0.39, 0.29) is 5.97 Å². The summed E-state index contributed by atoms with van der Waals surface area (Å²) in [7, 11) is 1.36. The van der Waals surface area contributed by atoms with E-state index >= 15 is 0 Å². The first-order valence-corrected chi connectivity index (χ1v) is 9.03. The average Bonchev–Trinajstić information content (AvgIpc) is 3.12. The molecule has 0 aliphatic rings. The number of hydrogen-bond acceptors (Lipinski definition) is 6. The van der Waals surface area contributed by atoms with Crippen LogP contribution in [0.5, 0.6) is 0 Å². The highest BCUT2D eigenvalue weighted by Gasteiger charge is 2.15. The topological polar surface area (TPSA) is 90.9 Å². The lowest BCUT2D eigenvalue weighted by molar-refractivity contribution is 0.0601. The Bertz CT molecular complexity index is 1140. The molecule has 2 aromatic heterocycles. The number of benzene rings is 2. The molecular weight excluding hydrogens is 368 g/mol. The molecule has 0 spiro atoms. The van der Waals surface area contributed by atoms with E-state index < -0.39 is 0 Å². The maximum absolute atomic E-state index is 11.7. The SMILES string of the molecule is COC(=O)c1ccc(Nc2c(-c3ccccc3)nc3ccc(CON)cn23)cc1. The number of nitrogens with zero attached hydrogens (tertiary/aromatic N) is 2. The van der Waals surface area contributed by atoms with Crippen LogP contribution in [-0.2, 0) is 16.2 Å². The Morgan fingerprint density at radius 3 is 2.52 bits per heavy atom. The second-order valence-electron chi connectivity index (χ2n) is 6.45. The number of esters is 1. The fourth-order valence-corrected chi connectivity index (χ4v) is 3.13. The maximum atomic E-state index is 11.7. The molecule has 4 aromatic rings. The molecule has 0 atom stereocenters. The van der Waals surface area contributed by atoms with Gasteiger partial charge in [0.1, 0.15) is 17.2 Å². The second kappa shape index (κ2) is 8.14. The predicted octanol–water partition coefficient (Wildman–Crippen LogP) is 3.92. The lowest BCUT2D eigenvalue weighted by atomic mass is 10.1. The van der Waals surface area contributed by atoms with Gasteiger partial charge in [-0.3, -0.25) is 9.24 Å². The van der Waals surface area contributed by atoms with Gasteiger partial charge >= 0.3 is 5.97 Å². The first-order valence-electron chi connectivity index (χ1n) is 9.03. The van der Waals surface area contributed by atoms with E-state index in [2.05, 4.69) is 5.32 Å². The Hall–Kier alpha value is -3.68. The number of carbonyl (C=O) groups excluding carboxylic acids is 1. The molecule has 0 radical (unpaired) electrons. The molecule has 0 aliphatic carbocycles. The molecule has 29 heavy (non-hydrogen) atoms. The van der Waals surface area contributed by atoms with Gasteiger partial charge in [-0.25, -0.2) is 15.7 Å². The molecule has 0 bridgehead atoms. The molecule has 0 saturated heterocycles. The second-order valence-corrected chi connectivity index (χ2v) is 6.45. The highest BCUT2D eigenvalue weighted by Crippen LogP contribution is 2.31. The van der Waals surface area contributed by atoms with E-state index in [0.717, 1.165) is 34.0 Å². The minimum atomic E-state index is -0.372. The Morgan fingerprint density at radius 2 is 1.83 bits per heavy atom. The van der Waals surface area contributed by atoms with Gasteiger partial charge in [0.05, 0.1) is 19.3 Å². The number of methoxy groups -OCH3 is 1. The van der Waals surface area contributed by atoms with E-state index in [1.54, 1.807) is 12.1 Å². The van der Waals surface area contributed by atoms with Crippen molar-refractivity contribution in [1.82, 2.24) is 9.38 Å². The summed E-state index contributed by atoms with van der Waals surface area (Å²) in [6.45, 7) is 0.294. The number of fused-ring (bicyclic) bond motifs is 1. The van der Waals surface area contributed by atoms with Crippen molar-refractivity contribution in [3.63, 3.8) is 0 Å². The van der Waals surface area contributed by atoms with Crippen LogP contribution in [0.15, 0.2) is 72.9 Å². The summed E-state index contributed by atoms with van der Waals surface area (Å²) in [5.41, 5.74) is 4.81. The zero-order chi connectivity index (χ0) is 20.2. The fraction of sp³-hybridized carbons (Fsp3) is 0.0909. The van der Waals surface area contributed by atoms with Gasteiger partial charge in [0.15, 0.2) is 0 Å². The normalized spacial score (nSPS) is 10.8. The zero-order valence-electron chi connectivity index (χ0n) is 15.8. The van der Waals surface area contributed by atoms with Crippen LogP contribution in [0.4, 0.5) is 11.5 Å². The number of rotatable bonds is 6. The Balaban J connectivity index is 1.79. The molecule has 0 saturated carbocycles. The number of pyridine rings is 1. The van der Waals surface area contributed by atoms with Crippen molar-refractivity contribution in [2.24, 2.45) is 5.90 Å². The predicted molar refractivity (Wildman–Crippen MR) is 111 cm³/mol. The molecule has 146 valence electrons. The van der Waals surface area contributed by atoms with Gasteiger partial charge < -0.3 is 10.1 Å². The molecule has 0 fully saturated rings. The molecule has 0 aliphatic heterocycles. The van der Waals surface area contributed by atoms with E-state index in [0.29, 0.717) is 12.2 Å². The summed E-state index contributed by atoms with van der Waals surface area (Å²) < 4.78 is 6.72. The molecule has 7 heteroatoms. The standard InChI is InChI=1S/C22H20N4O3/c1-28-22(27)17-8-10-18(11-9-17)24-21-20(16-5-3-2-4-6-16)25-19-12-7-15(14-29-23)13-26(19)21/h2-13,24H,14,23H2,1H3. The van der Waals surface area contributed by atoms with Crippen LogP contribution in [0.25, 0.3) is 16.9 Å². The summed E-state index contributed by atoms with van der Waals surface area (Å²) in [6.07, 6.45) is 1.94. The van der Waals surface area contributed by atoms with E-state index in [1.807, 2.05) is 65.2 Å². The summed E-state index contributed by atoms with van der Waals surface area (Å²) >= 11 is 0. The van der Waals surface area contributed by atoms with Gasteiger partial charge in [-0.15, -0.1) is 0 Å². The van der Waals surface area contributed by atoms with Crippen molar-refractivity contribution in [2.75, 3.05) is 12.4 Å². The van der Waals surface area contributed by atoms with E-state index in [9.17, 15) is 4.79 Å². The van der Waals surface area contributed by atoms with Gasteiger partial charge in [-0.1, -0.05) is 36.4 Å². The van der Waals surface area contributed by atoms with Gasteiger partial charge in [0, 0.05) is 17.4 Å². The van der Waals surface area contributed by atoms with Crippen molar-refractivity contribution >= 4 is 23.1 Å². The van der Waals surface area contributed by atoms with Gasteiger partial charge in [-0.05, 0) is 35.9 Å². The number of ether oxygens (including phenoxy) is 1. The number of nitrogens with two attached hydrogens (primary N) is 1. The van der Waals surface area contributed by atoms with Crippen LogP contribution in [-0.4, -0.2) is 22.5 Å². The van der Waals surface area contributed by atoms with Crippen molar-refractivity contribution in [1.29, 1.82) is 0 Å². The monoisotopic (exact) mass is 388 g/mol. The number of imidazole rings is 1. The minimum absolute atomic E-state index is 0.294. The van der Waals surface area contributed by atoms with Crippen LogP contribution in [0.1, 0.15) is 15.9 Å². The third-order valence-corrected chi connectivity index (χ3v) is 4.55. The zero-order valence-corrected chi connectivity index (χ0v) is 15.8. The number of carbonyl (C=O) groups is 1. The van der Waals surface area contributed by atoms with Crippen LogP contribution in [0, 0.1) is 0 Å². The van der Waals surface area contributed by atoms with E-state index in [4.69, 9.17) is 20.5 Å². The molecule has 2 aromatic carbocycles. The largest absolute Gasteiger partial charge is 0.465 e. The smallest absolute Gasteiger partial charge is 0.337 e. The van der Waals surface area contributed by atoms with Gasteiger partial charge in [0.25, 0.3) is 0 Å². The lowest BCUT2D eigenvalue weighted by Crippen LogP contribution is -2.03. The number of anilines is 2. The Labute approximate surface area is 167 Å².